The van der Waals surface area contributed by atoms with E-state index in [1.807, 2.05) is 36.4 Å². The van der Waals surface area contributed by atoms with E-state index in [-0.39, 0.29) is 17.6 Å². The fraction of sp³-hybridized carbons (Fsp3) is 0.486. The summed E-state index contributed by atoms with van der Waals surface area (Å²) in [6.45, 7) is 6.07. The van der Waals surface area contributed by atoms with Gasteiger partial charge in [0.1, 0.15) is 0 Å². The van der Waals surface area contributed by atoms with Crippen LogP contribution >= 0.6 is 0 Å². The van der Waals surface area contributed by atoms with Gasteiger partial charge in [0.05, 0.1) is 5.56 Å². The maximum atomic E-state index is 14.3. The number of carbonyl (C=O) groups excluding carboxylic acids is 1. The molecule has 3 saturated heterocycles. The van der Waals surface area contributed by atoms with Crippen LogP contribution in [0.1, 0.15) is 71.6 Å². The second kappa shape index (κ2) is 13.1. The second-order valence-corrected chi connectivity index (χ2v) is 13.7. The summed E-state index contributed by atoms with van der Waals surface area (Å²) < 4.78 is 69.7. The molecule has 9 heteroatoms. The first-order chi connectivity index (χ1) is 21.9. The van der Waals surface area contributed by atoms with Crippen molar-refractivity contribution in [2.45, 2.75) is 76.2 Å². The molecule has 4 nitrogen and oxygen atoms in total. The molecule has 0 bridgehead atoms. The fourth-order valence-corrected chi connectivity index (χ4v) is 7.82. The lowest BCUT2D eigenvalue weighted by atomic mass is 9.77. The van der Waals surface area contributed by atoms with Gasteiger partial charge in [0.2, 0.25) is 0 Å². The van der Waals surface area contributed by atoms with Gasteiger partial charge >= 0.3 is 6.18 Å². The minimum absolute atomic E-state index is 0.244. The standard InChI is InChI=1S/C37H42F5N3O/c1-35(38,39)30-21-29(22-31(23-30)37(40,41)42)34(46)45-16-12-32(24-33(45)20-27-8-4-2-5-9-27)44-18-14-36(15-19-44)13-17-43(26-36)25-28-10-6-3-7-11-28/h2-11,21-23,32-33H,12-20,24-26H2,1H3. The molecule has 246 valence electrons. The van der Waals surface area contributed by atoms with Gasteiger partial charge in [-0.05, 0) is 92.9 Å². The summed E-state index contributed by atoms with van der Waals surface area (Å²) >= 11 is 0. The van der Waals surface area contributed by atoms with Crippen molar-refractivity contribution >= 4 is 5.91 Å². The number of rotatable bonds is 7. The molecule has 3 heterocycles. The number of alkyl halides is 5. The van der Waals surface area contributed by atoms with Crippen molar-refractivity contribution in [2.24, 2.45) is 5.41 Å². The van der Waals surface area contributed by atoms with Crippen LogP contribution < -0.4 is 0 Å². The molecule has 1 spiro atoms. The Balaban J connectivity index is 1.16. The Hall–Kier alpha value is -3.30. The molecule has 6 rings (SSSR count). The zero-order valence-corrected chi connectivity index (χ0v) is 26.3. The van der Waals surface area contributed by atoms with Crippen molar-refractivity contribution in [2.75, 3.05) is 32.7 Å². The molecular weight excluding hydrogens is 597 g/mol. The third-order valence-corrected chi connectivity index (χ3v) is 10.4. The predicted molar refractivity (Wildman–Crippen MR) is 169 cm³/mol. The van der Waals surface area contributed by atoms with E-state index in [0.29, 0.717) is 44.2 Å². The van der Waals surface area contributed by atoms with Gasteiger partial charge < -0.3 is 9.80 Å². The van der Waals surface area contributed by atoms with Gasteiger partial charge in [-0.25, -0.2) is 8.78 Å². The van der Waals surface area contributed by atoms with E-state index in [2.05, 4.69) is 34.1 Å². The molecule has 0 aromatic heterocycles. The van der Waals surface area contributed by atoms with E-state index >= 15 is 0 Å². The average Bonchev–Trinajstić information content (AvgIpc) is 3.42. The van der Waals surface area contributed by atoms with Crippen LogP contribution in [-0.4, -0.2) is 65.4 Å². The van der Waals surface area contributed by atoms with Gasteiger partial charge in [-0.1, -0.05) is 60.7 Å². The first kappa shape index (κ1) is 32.6. The topological polar surface area (TPSA) is 26.8 Å². The molecule has 0 radical (unpaired) electrons. The fourth-order valence-electron chi connectivity index (χ4n) is 7.82. The summed E-state index contributed by atoms with van der Waals surface area (Å²) in [6, 6.07) is 22.4. The molecule has 3 aromatic rings. The number of piperidine rings is 2. The van der Waals surface area contributed by atoms with Crippen molar-refractivity contribution in [1.82, 2.24) is 14.7 Å². The first-order valence-corrected chi connectivity index (χ1v) is 16.3. The van der Waals surface area contributed by atoms with Crippen molar-refractivity contribution in [1.29, 1.82) is 0 Å². The van der Waals surface area contributed by atoms with Gasteiger partial charge in [-0.3, -0.25) is 9.69 Å². The van der Waals surface area contributed by atoms with Gasteiger partial charge in [0, 0.05) is 49.8 Å². The maximum absolute atomic E-state index is 14.3. The summed E-state index contributed by atoms with van der Waals surface area (Å²) in [5.74, 6) is -4.14. The molecule has 0 saturated carbocycles. The number of carbonyl (C=O) groups is 1. The predicted octanol–water partition coefficient (Wildman–Crippen LogP) is 8.02. The molecule has 1 amide bonds. The van der Waals surface area contributed by atoms with Gasteiger partial charge in [0.25, 0.3) is 11.8 Å². The van der Waals surface area contributed by atoms with E-state index in [1.165, 1.54) is 12.0 Å². The van der Waals surface area contributed by atoms with Gasteiger partial charge in [0.15, 0.2) is 0 Å². The monoisotopic (exact) mass is 639 g/mol. The van der Waals surface area contributed by atoms with Crippen molar-refractivity contribution in [3.63, 3.8) is 0 Å². The third kappa shape index (κ3) is 7.46. The molecule has 2 atom stereocenters. The van der Waals surface area contributed by atoms with Crippen LogP contribution in [0.2, 0.25) is 0 Å². The van der Waals surface area contributed by atoms with E-state index in [4.69, 9.17) is 0 Å². The first-order valence-electron chi connectivity index (χ1n) is 16.3. The molecule has 46 heavy (non-hydrogen) atoms. The highest BCUT2D eigenvalue weighted by atomic mass is 19.4. The maximum Gasteiger partial charge on any atom is 0.416 e. The Labute approximate surface area is 268 Å². The van der Waals surface area contributed by atoms with E-state index in [9.17, 15) is 26.7 Å². The lowest BCUT2D eigenvalue weighted by molar-refractivity contribution is -0.137. The summed E-state index contributed by atoms with van der Waals surface area (Å²) in [4.78, 5) is 20.6. The van der Waals surface area contributed by atoms with Crippen LogP contribution in [0.5, 0.6) is 0 Å². The van der Waals surface area contributed by atoms with Crippen LogP contribution in [0.4, 0.5) is 22.0 Å². The molecule has 3 fully saturated rings. The highest BCUT2D eigenvalue weighted by Crippen LogP contribution is 2.42. The zero-order valence-electron chi connectivity index (χ0n) is 26.3. The van der Waals surface area contributed by atoms with Crippen LogP contribution in [0.15, 0.2) is 78.9 Å². The lowest BCUT2D eigenvalue weighted by Crippen LogP contribution is -2.55. The Morgan fingerprint density at radius 3 is 2.04 bits per heavy atom. The Morgan fingerprint density at radius 1 is 0.804 bits per heavy atom. The summed E-state index contributed by atoms with van der Waals surface area (Å²) in [5.41, 5.74) is 0.306. The average molecular weight is 640 g/mol. The number of hydrogen-bond donors (Lipinski definition) is 0. The summed E-state index contributed by atoms with van der Waals surface area (Å²) in [6.07, 6.45) is 0.524. The molecule has 3 aliphatic heterocycles. The largest absolute Gasteiger partial charge is 0.416 e. The van der Waals surface area contributed by atoms with Crippen molar-refractivity contribution in [3.8, 4) is 0 Å². The molecular formula is C37H42F5N3O. The van der Waals surface area contributed by atoms with Crippen LogP contribution in [0.25, 0.3) is 0 Å². The number of halogens is 5. The summed E-state index contributed by atoms with van der Waals surface area (Å²) in [7, 11) is 0. The van der Waals surface area contributed by atoms with Crippen LogP contribution in [0.3, 0.4) is 0 Å². The Kier molecular flexibility index (Phi) is 9.27. The van der Waals surface area contributed by atoms with Crippen molar-refractivity contribution < 1.29 is 26.7 Å². The number of amides is 1. The minimum Gasteiger partial charge on any atom is -0.335 e. The smallest absolute Gasteiger partial charge is 0.335 e. The number of nitrogens with zero attached hydrogens (tertiary/aromatic N) is 3. The third-order valence-electron chi connectivity index (χ3n) is 10.4. The Morgan fingerprint density at radius 2 is 1.41 bits per heavy atom. The number of hydrogen-bond acceptors (Lipinski definition) is 3. The quantitative estimate of drug-likeness (QED) is 0.245. The highest BCUT2D eigenvalue weighted by Gasteiger charge is 2.43. The van der Waals surface area contributed by atoms with E-state index in [1.54, 1.807) is 4.90 Å². The van der Waals surface area contributed by atoms with Gasteiger partial charge in [-0.2, -0.15) is 13.2 Å². The normalized spacial score (nSPS) is 22.8. The van der Waals surface area contributed by atoms with Crippen LogP contribution in [0, 0.1) is 5.41 Å². The van der Waals surface area contributed by atoms with E-state index in [0.717, 1.165) is 63.3 Å². The minimum atomic E-state index is -4.85. The van der Waals surface area contributed by atoms with Crippen LogP contribution in [-0.2, 0) is 25.1 Å². The SMILES string of the molecule is CC(F)(F)c1cc(C(=O)N2CCC(N3CCC4(CCN(Cc5ccccc5)C4)CC3)CC2Cc2ccccc2)cc(C(F)(F)F)c1. The second-order valence-electron chi connectivity index (χ2n) is 13.7. The number of likely N-dealkylation sites (tertiary alicyclic amines) is 3. The Bertz CT molecular complexity index is 1450. The molecule has 0 N–H and O–H groups in total. The van der Waals surface area contributed by atoms with E-state index < -0.39 is 29.1 Å². The lowest BCUT2D eigenvalue weighted by Gasteiger charge is -2.47. The zero-order chi connectivity index (χ0) is 32.5. The molecule has 2 unspecified atom stereocenters. The number of benzene rings is 3. The molecule has 0 aliphatic carbocycles. The van der Waals surface area contributed by atoms with Gasteiger partial charge in [-0.15, -0.1) is 0 Å². The highest BCUT2D eigenvalue weighted by molar-refractivity contribution is 5.95. The van der Waals surface area contributed by atoms with Crippen molar-refractivity contribution in [3.05, 3.63) is 107 Å². The molecule has 3 aliphatic rings. The molecule has 3 aromatic carbocycles. The summed E-state index contributed by atoms with van der Waals surface area (Å²) in [5, 5.41) is 0.